The second kappa shape index (κ2) is 11.8. The highest BCUT2D eigenvalue weighted by Crippen LogP contribution is 2.36. The maximum absolute atomic E-state index is 13.4. The Bertz CT molecular complexity index is 1690. The standard InChI is InChI=1S/C33H33N5O2S/c1-22-4-7-27(40-31-20-30(24-8-11-34-12-9-24)36-33-28(31)10-17-41-33)19-29(22)32(39)35-26-6-5-25(23(2)18-26)21-38-15-13-37(3)14-16-38/h4-12,17-20H,13-16,21H2,1-3H3,(H,35,39). The van der Waals surface area contributed by atoms with Crippen LogP contribution in [0.5, 0.6) is 11.5 Å². The Hall–Kier alpha value is -4.11. The van der Waals surface area contributed by atoms with E-state index in [0.717, 1.165) is 65.4 Å². The minimum absolute atomic E-state index is 0.160. The van der Waals surface area contributed by atoms with E-state index in [9.17, 15) is 4.79 Å². The second-order valence-corrected chi connectivity index (χ2v) is 11.5. The summed E-state index contributed by atoms with van der Waals surface area (Å²) in [4.78, 5) is 28.1. The van der Waals surface area contributed by atoms with Crippen molar-refractivity contribution in [3.8, 4) is 22.8 Å². The van der Waals surface area contributed by atoms with Crippen LogP contribution in [0.4, 0.5) is 5.69 Å². The van der Waals surface area contributed by atoms with Gasteiger partial charge in [0.05, 0.1) is 11.1 Å². The van der Waals surface area contributed by atoms with Crippen LogP contribution in [0.15, 0.2) is 78.4 Å². The summed E-state index contributed by atoms with van der Waals surface area (Å²) in [5.41, 5.74) is 6.50. The molecule has 1 fully saturated rings. The normalized spacial score (nSPS) is 14.3. The summed E-state index contributed by atoms with van der Waals surface area (Å²) in [5, 5.41) is 6.04. The van der Waals surface area contributed by atoms with E-state index in [1.807, 2.05) is 60.8 Å². The third-order valence-electron chi connectivity index (χ3n) is 7.65. The van der Waals surface area contributed by atoms with Crippen molar-refractivity contribution >= 4 is 33.1 Å². The van der Waals surface area contributed by atoms with Gasteiger partial charge in [-0.3, -0.25) is 14.7 Å². The van der Waals surface area contributed by atoms with Crippen molar-refractivity contribution in [1.29, 1.82) is 0 Å². The molecular weight excluding hydrogens is 530 g/mol. The number of aryl methyl sites for hydroxylation is 2. The van der Waals surface area contributed by atoms with E-state index in [4.69, 9.17) is 9.72 Å². The number of nitrogens with one attached hydrogen (secondary N) is 1. The second-order valence-electron chi connectivity index (χ2n) is 10.6. The lowest BCUT2D eigenvalue weighted by molar-refractivity contribution is 0.102. The van der Waals surface area contributed by atoms with Crippen LogP contribution >= 0.6 is 11.3 Å². The zero-order valence-corrected chi connectivity index (χ0v) is 24.4. The molecule has 4 heterocycles. The SMILES string of the molecule is Cc1cc(NC(=O)c2cc(Oc3cc(-c4ccncc4)nc4sccc34)ccc2C)ccc1CN1CCN(C)CC1. The molecule has 208 valence electrons. The molecule has 1 aliphatic heterocycles. The van der Waals surface area contributed by atoms with Gasteiger partial charge in [-0.05, 0) is 85.4 Å². The molecule has 6 rings (SSSR count). The first-order valence-corrected chi connectivity index (χ1v) is 14.7. The van der Waals surface area contributed by atoms with Crippen molar-refractivity contribution in [2.75, 3.05) is 38.5 Å². The van der Waals surface area contributed by atoms with Crippen LogP contribution in [0, 0.1) is 13.8 Å². The van der Waals surface area contributed by atoms with Gasteiger partial charge in [0.1, 0.15) is 16.3 Å². The van der Waals surface area contributed by atoms with Crippen LogP contribution in [0.3, 0.4) is 0 Å². The Labute approximate surface area is 244 Å². The number of benzene rings is 2. The lowest BCUT2D eigenvalue weighted by Gasteiger charge is -2.32. The first kappa shape index (κ1) is 27.1. The van der Waals surface area contributed by atoms with Gasteiger partial charge >= 0.3 is 0 Å². The molecule has 1 saturated heterocycles. The molecule has 41 heavy (non-hydrogen) atoms. The molecule has 8 heteroatoms. The van der Waals surface area contributed by atoms with Gasteiger partial charge in [-0.1, -0.05) is 12.1 Å². The third kappa shape index (κ3) is 6.15. The third-order valence-corrected chi connectivity index (χ3v) is 8.45. The fraction of sp³-hybridized carbons (Fsp3) is 0.242. The quantitative estimate of drug-likeness (QED) is 0.236. The number of hydrogen-bond donors (Lipinski definition) is 1. The maximum Gasteiger partial charge on any atom is 0.256 e. The van der Waals surface area contributed by atoms with Crippen LogP contribution in [0.25, 0.3) is 21.5 Å². The van der Waals surface area contributed by atoms with Crippen molar-refractivity contribution in [2.45, 2.75) is 20.4 Å². The number of amides is 1. The van der Waals surface area contributed by atoms with Crippen LogP contribution in [0.2, 0.25) is 0 Å². The molecule has 2 aromatic carbocycles. The Morgan fingerprint density at radius 3 is 2.54 bits per heavy atom. The number of hydrogen-bond acceptors (Lipinski definition) is 7. The van der Waals surface area contributed by atoms with Gasteiger partial charge in [0.25, 0.3) is 5.91 Å². The highest BCUT2D eigenvalue weighted by atomic mass is 32.1. The average molecular weight is 564 g/mol. The first-order valence-electron chi connectivity index (χ1n) is 13.8. The van der Waals surface area contributed by atoms with Crippen LogP contribution < -0.4 is 10.1 Å². The monoisotopic (exact) mass is 563 g/mol. The predicted molar refractivity (Wildman–Crippen MR) is 166 cm³/mol. The summed E-state index contributed by atoms with van der Waals surface area (Å²) in [7, 11) is 2.17. The lowest BCUT2D eigenvalue weighted by atomic mass is 10.1. The summed E-state index contributed by atoms with van der Waals surface area (Å²) in [6, 6.07) is 19.6. The number of carbonyl (C=O) groups excluding carboxylic acids is 1. The molecule has 5 aromatic rings. The molecule has 0 atom stereocenters. The molecule has 1 aliphatic rings. The predicted octanol–water partition coefficient (Wildman–Crippen LogP) is 6.77. The van der Waals surface area contributed by atoms with E-state index in [0.29, 0.717) is 17.1 Å². The van der Waals surface area contributed by atoms with Gasteiger partial charge < -0.3 is 15.0 Å². The number of aromatic nitrogens is 2. The van der Waals surface area contributed by atoms with E-state index < -0.39 is 0 Å². The number of pyridine rings is 2. The van der Waals surface area contributed by atoms with E-state index in [2.05, 4.69) is 46.2 Å². The smallest absolute Gasteiger partial charge is 0.256 e. The van der Waals surface area contributed by atoms with Gasteiger partial charge in [0.2, 0.25) is 0 Å². The Kier molecular flexibility index (Phi) is 7.78. The van der Waals surface area contributed by atoms with E-state index in [-0.39, 0.29) is 5.91 Å². The molecule has 0 spiro atoms. The molecule has 1 N–H and O–H groups in total. The van der Waals surface area contributed by atoms with Gasteiger partial charge in [0.15, 0.2) is 0 Å². The average Bonchev–Trinajstić information content (AvgIpc) is 3.46. The van der Waals surface area contributed by atoms with Gasteiger partial charge in [-0.2, -0.15) is 0 Å². The lowest BCUT2D eigenvalue weighted by Crippen LogP contribution is -2.43. The van der Waals surface area contributed by atoms with Crippen LogP contribution in [-0.4, -0.2) is 58.9 Å². The Morgan fingerprint density at radius 2 is 1.76 bits per heavy atom. The number of fused-ring (bicyclic) bond motifs is 1. The van der Waals surface area contributed by atoms with Gasteiger partial charge in [-0.15, -0.1) is 11.3 Å². The number of ether oxygens (including phenoxy) is 1. The highest BCUT2D eigenvalue weighted by Gasteiger charge is 2.17. The fourth-order valence-electron chi connectivity index (χ4n) is 5.11. The number of rotatable bonds is 7. The molecule has 1 amide bonds. The van der Waals surface area contributed by atoms with Crippen LogP contribution in [-0.2, 0) is 6.54 Å². The number of nitrogens with zero attached hydrogens (tertiary/aromatic N) is 4. The summed E-state index contributed by atoms with van der Waals surface area (Å²) in [6.45, 7) is 9.33. The molecular formula is C33H33N5O2S. The maximum atomic E-state index is 13.4. The molecule has 0 radical (unpaired) electrons. The zero-order valence-electron chi connectivity index (χ0n) is 23.6. The van der Waals surface area contributed by atoms with Crippen molar-refractivity contribution in [1.82, 2.24) is 19.8 Å². The van der Waals surface area contributed by atoms with Gasteiger partial charge in [0, 0.05) is 68.0 Å². The molecule has 0 bridgehead atoms. The van der Waals surface area contributed by atoms with Crippen molar-refractivity contribution in [3.63, 3.8) is 0 Å². The molecule has 0 saturated carbocycles. The number of anilines is 1. The molecule has 0 aliphatic carbocycles. The molecule has 3 aromatic heterocycles. The van der Waals surface area contributed by atoms with Crippen LogP contribution in [0.1, 0.15) is 27.0 Å². The Morgan fingerprint density at radius 1 is 0.951 bits per heavy atom. The minimum atomic E-state index is -0.160. The largest absolute Gasteiger partial charge is 0.457 e. The molecule has 7 nitrogen and oxygen atoms in total. The van der Waals surface area contributed by atoms with E-state index in [1.54, 1.807) is 23.7 Å². The fourth-order valence-corrected chi connectivity index (χ4v) is 5.89. The number of likely N-dealkylation sites (N-methyl/N-ethyl adjacent to an activating group) is 1. The summed E-state index contributed by atoms with van der Waals surface area (Å²) >= 11 is 1.57. The minimum Gasteiger partial charge on any atom is -0.457 e. The summed E-state index contributed by atoms with van der Waals surface area (Å²) < 4.78 is 6.39. The number of carbonyl (C=O) groups is 1. The van der Waals surface area contributed by atoms with Crippen molar-refractivity contribution in [3.05, 3.63) is 101 Å². The van der Waals surface area contributed by atoms with E-state index >= 15 is 0 Å². The first-order chi connectivity index (χ1) is 19.9. The summed E-state index contributed by atoms with van der Waals surface area (Å²) in [6.07, 6.45) is 3.51. The van der Waals surface area contributed by atoms with Gasteiger partial charge in [-0.25, -0.2) is 4.98 Å². The highest BCUT2D eigenvalue weighted by molar-refractivity contribution is 7.16. The van der Waals surface area contributed by atoms with Crippen molar-refractivity contribution in [2.24, 2.45) is 0 Å². The van der Waals surface area contributed by atoms with Crippen molar-refractivity contribution < 1.29 is 9.53 Å². The zero-order chi connectivity index (χ0) is 28.3. The summed E-state index contributed by atoms with van der Waals surface area (Å²) in [5.74, 6) is 1.13. The topological polar surface area (TPSA) is 70.6 Å². The van der Waals surface area contributed by atoms with E-state index in [1.165, 1.54) is 11.1 Å². The molecule has 0 unspecified atom stereocenters. The Balaban J connectivity index is 1.20. The number of thiophene rings is 1. The number of piperazine rings is 1.